The number of benzene rings is 8. The number of para-hydroxylation sites is 4. The number of fused-ring (bicyclic) bond motifs is 5. The summed E-state index contributed by atoms with van der Waals surface area (Å²) in [5, 5.41) is 4.62. The molecule has 258 valence electrons. The third-order valence-corrected chi connectivity index (χ3v) is 10.9. The van der Waals surface area contributed by atoms with Gasteiger partial charge in [-0.05, 0) is 64.7 Å². The molecule has 3 aromatic heterocycles. The second-order valence-electron chi connectivity index (χ2n) is 14.1. The average molecular weight is 703 g/mol. The summed E-state index contributed by atoms with van der Waals surface area (Å²) in [6.45, 7) is 0. The predicted molar refractivity (Wildman–Crippen MR) is 229 cm³/mol. The van der Waals surface area contributed by atoms with Gasteiger partial charge in [0.15, 0.2) is 0 Å². The van der Waals surface area contributed by atoms with Crippen LogP contribution in [0.2, 0.25) is 0 Å². The molecule has 0 radical (unpaired) electrons. The van der Waals surface area contributed by atoms with E-state index in [4.69, 9.17) is 4.42 Å². The number of rotatable bonds is 6. The molecule has 3 heterocycles. The lowest BCUT2D eigenvalue weighted by Gasteiger charge is -2.16. The Morgan fingerprint density at radius 3 is 1.36 bits per heavy atom. The van der Waals surface area contributed by atoms with Crippen LogP contribution < -0.4 is 0 Å². The van der Waals surface area contributed by atoms with Crippen molar-refractivity contribution in [2.24, 2.45) is 0 Å². The average Bonchev–Trinajstić information content (AvgIpc) is 3.92. The second kappa shape index (κ2) is 12.6. The lowest BCUT2D eigenvalue weighted by Crippen LogP contribution is -1.99. The SMILES string of the molecule is c1ccc(-c2ccc(-c3c(-c4c(-c5ccccc5)n(-c5ccc6c(c5)oc5ccccc56)c5ccccc45)c4ccccc4n3-c3ccccc3)cc2)cc1. The molecule has 0 atom stereocenters. The zero-order valence-corrected chi connectivity index (χ0v) is 29.9. The molecule has 0 N–H and O–H groups in total. The summed E-state index contributed by atoms with van der Waals surface area (Å²) in [5.74, 6) is 0. The first-order valence-corrected chi connectivity index (χ1v) is 18.8. The molecule has 0 unspecified atom stereocenters. The quantitative estimate of drug-likeness (QED) is 0.169. The molecule has 0 amide bonds. The first-order chi connectivity index (χ1) is 27.3. The molecule has 0 spiro atoms. The van der Waals surface area contributed by atoms with Gasteiger partial charge in [-0.1, -0.05) is 158 Å². The fourth-order valence-corrected chi connectivity index (χ4v) is 8.55. The van der Waals surface area contributed by atoms with Crippen LogP contribution in [0.15, 0.2) is 211 Å². The Kier molecular flexibility index (Phi) is 7.17. The van der Waals surface area contributed by atoms with Crippen LogP contribution in [-0.4, -0.2) is 9.13 Å². The molecule has 0 saturated heterocycles. The summed E-state index contributed by atoms with van der Waals surface area (Å²) < 4.78 is 11.4. The highest BCUT2D eigenvalue weighted by atomic mass is 16.3. The summed E-state index contributed by atoms with van der Waals surface area (Å²) in [6, 6.07) is 73.9. The normalized spacial score (nSPS) is 11.6. The molecule has 55 heavy (non-hydrogen) atoms. The van der Waals surface area contributed by atoms with E-state index in [2.05, 4.69) is 203 Å². The van der Waals surface area contributed by atoms with Crippen molar-refractivity contribution in [3.05, 3.63) is 206 Å². The Morgan fingerprint density at radius 1 is 0.291 bits per heavy atom. The molecule has 8 aromatic carbocycles. The minimum Gasteiger partial charge on any atom is -0.456 e. The first kappa shape index (κ1) is 31.2. The minimum atomic E-state index is 0.872. The number of hydrogen-bond donors (Lipinski definition) is 0. The first-order valence-electron chi connectivity index (χ1n) is 18.8. The Labute approximate surface area is 318 Å². The van der Waals surface area contributed by atoms with Crippen molar-refractivity contribution in [1.82, 2.24) is 9.13 Å². The highest BCUT2D eigenvalue weighted by Crippen LogP contribution is 2.51. The lowest BCUT2D eigenvalue weighted by molar-refractivity contribution is 0.668. The Bertz CT molecular complexity index is 3170. The standard InChI is InChI=1S/C52H34N2O/c1-4-16-35(17-5-1)36-28-30-38(31-29-36)52-50(43-23-10-13-25-45(43)53(52)39-20-8-3-9-21-39)49-44-24-11-14-26-46(44)54(51(49)37-18-6-2-7-19-37)40-32-33-42-41-22-12-15-27-47(41)55-48(42)34-40/h1-34H. The number of nitrogens with zero attached hydrogens (tertiary/aromatic N) is 2. The third-order valence-electron chi connectivity index (χ3n) is 10.9. The fraction of sp³-hybridized carbons (Fsp3) is 0. The molecule has 3 nitrogen and oxygen atoms in total. The van der Waals surface area contributed by atoms with Gasteiger partial charge in [-0.3, -0.25) is 0 Å². The van der Waals surface area contributed by atoms with Crippen LogP contribution >= 0.6 is 0 Å². The summed E-state index contributed by atoms with van der Waals surface area (Å²) in [5.41, 5.74) is 15.6. The van der Waals surface area contributed by atoms with Crippen LogP contribution in [0.3, 0.4) is 0 Å². The van der Waals surface area contributed by atoms with Gasteiger partial charge >= 0.3 is 0 Å². The highest BCUT2D eigenvalue weighted by Gasteiger charge is 2.29. The zero-order valence-electron chi connectivity index (χ0n) is 29.9. The van der Waals surface area contributed by atoms with Gasteiger partial charge in [-0.25, -0.2) is 0 Å². The molecule has 11 aromatic rings. The van der Waals surface area contributed by atoms with E-state index in [1.165, 1.54) is 33.0 Å². The molecule has 0 bridgehead atoms. The minimum absolute atomic E-state index is 0.872. The van der Waals surface area contributed by atoms with Gasteiger partial charge in [-0.15, -0.1) is 0 Å². The Morgan fingerprint density at radius 2 is 0.727 bits per heavy atom. The van der Waals surface area contributed by atoms with Crippen LogP contribution in [0.4, 0.5) is 0 Å². The highest BCUT2D eigenvalue weighted by molar-refractivity contribution is 6.16. The van der Waals surface area contributed by atoms with Crippen LogP contribution in [0, 0.1) is 0 Å². The monoisotopic (exact) mass is 702 g/mol. The maximum absolute atomic E-state index is 6.48. The molecule has 0 aliphatic heterocycles. The number of aromatic nitrogens is 2. The van der Waals surface area contributed by atoms with E-state index in [9.17, 15) is 0 Å². The lowest BCUT2D eigenvalue weighted by atomic mass is 9.93. The fourth-order valence-electron chi connectivity index (χ4n) is 8.55. The number of hydrogen-bond acceptors (Lipinski definition) is 1. The van der Waals surface area contributed by atoms with Gasteiger partial charge in [0.1, 0.15) is 11.2 Å². The van der Waals surface area contributed by atoms with Crippen molar-refractivity contribution in [2.75, 3.05) is 0 Å². The van der Waals surface area contributed by atoms with Crippen molar-refractivity contribution in [3.8, 4) is 56.1 Å². The Balaban J connectivity index is 1.27. The van der Waals surface area contributed by atoms with Crippen molar-refractivity contribution in [2.45, 2.75) is 0 Å². The van der Waals surface area contributed by atoms with Crippen LogP contribution in [0.5, 0.6) is 0 Å². The van der Waals surface area contributed by atoms with Crippen molar-refractivity contribution >= 4 is 43.7 Å². The largest absolute Gasteiger partial charge is 0.456 e. The van der Waals surface area contributed by atoms with E-state index in [1.54, 1.807) is 0 Å². The summed E-state index contributed by atoms with van der Waals surface area (Å²) in [7, 11) is 0. The molecule has 0 aliphatic rings. The van der Waals surface area contributed by atoms with E-state index >= 15 is 0 Å². The van der Waals surface area contributed by atoms with Gasteiger partial charge in [0.2, 0.25) is 0 Å². The van der Waals surface area contributed by atoms with E-state index < -0.39 is 0 Å². The molecule has 0 saturated carbocycles. The zero-order chi connectivity index (χ0) is 36.3. The van der Waals surface area contributed by atoms with Gasteiger partial charge in [0, 0.05) is 50.1 Å². The topological polar surface area (TPSA) is 23.0 Å². The van der Waals surface area contributed by atoms with Gasteiger partial charge in [0.25, 0.3) is 0 Å². The van der Waals surface area contributed by atoms with Crippen molar-refractivity contribution in [1.29, 1.82) is 0 Å². The molecular weight excluding hydrogens is 669 g/mol. The van der Waals surface area contributed by atoms with E-state index in [0.717, 1.165) is 66.9 Å². The van der Waals surface area contributed by atoms with Crippen LogP contribution in [0.1, 0.15) is 0 Å². The van der Waals surface area contributed by atoms with E-state index in [1.807, 2.05) is 12.1 Å². The Hall–Kier alpha value is -7.36. The molecule has 11 rings (SSSR count). The maximum atomic E-state index is 6.48. The summed E-state index contributed by atoms with van der Waals surface area (Å²) >= 11 is 0. The van der Waals surface area contributed by atoms with Gasteiger partial charge in [0.05, 0.1) is 22.4 Å². The molecule has 0 aliphatic carbocycles. The number of furan rings is 1. The van der Waals surface area contributed by atoms with Crippen LogP contribution in [0.25, 0.3) is 99.9 Å². The van der Waals surface area contributed by atoms with Crippen molar-refractivity contribution in [3.63, 3.8) is 0 Å². The van der Waals surface area contributed by atoms with E-state index in [-0.39, 0.29) is 0 Å². The molecular formula is C52H34N2O. The summed E-state index contributed by atoms with van der Waals surface area (Å²) in [4.78, 5) is 0. The smallest absolute Gasteiger partial charge is 0.137 e. The third kappa shape index (κ3) is 4.98. The van der Waals surface area contributed by atoms with E-state index in [0.29, 0.717) is 0 Å². The maximum Gasteiger partial charge on any atom is 0.137 e. The predicted octanol–water partition coefficient (Wildman–Crippen LogP) is 14.1. The molecule has 0 fully saturated rings. The van der Waals surface area contributed by atoms with Crippen molar-refractivity contribution < 1.29 is 4.42 Å². The second-order valence-corrected chi connectivity index (χ2v) is 14.1. The van der Waals surface area contributed by atoms with Gasteiger partial charge in [-0.2, -0.15) is 0 Å². The van der Waals surface area contributed by atoms with Gasteiger partial charge < -0.3 is 13.6 Å². The van der Waals surface area contributed by atoms with Crippen LogP contribution in [-0.2, 0) is 0 Å². The summed E-state index contributed by atoms with van der Waals surface area (Å²) in [6.07, 6.45) is 0. The molecule has 3 heteroatoms.